The number of esters is 1. The molecule has 0 N–H and O–H groups in total. The standard InChI is InChI=1S/C17H12N2O5S/c20-15-8-12(18-17-19(15)5-6-25-17)9-22-16(21)4-2-11-1-3-13-14(7-11)24-10-23-13/h1-8H,9-10H2. The van der Waals surface area contributed by atoms with Crippen molar-refractivity contribution in [3.63, 3.8) is 0 Å². The molecule has 0 spiro atoms. The van der Waals surface area contributed by atoms with Crippen LogP contribution in [0, 0.1) is 0 Å². The Balaban J connectivity index is 1.40. The lowest BCUT2D eigenvalue weighted by Gasteiger charge is -2.02. The lowest BCUT2D eigenvalue weighted by atomic mass is 10.2. The molecule has 1 aromatic carbocycles. The number of aromatic nitrogens is 2. The van der Waals surface area contributed by atoms with Gasteiger partial charge < -0.3 is 14.2 Å². The molecule has 0 amide bonds. The normalized spacial score (nSPS) is 12.8. The summed E-state index contributed by atoms with van der Waals surface area (Å²) in [6.45, 7) is 0.139. The lowest BCUT2D eigenvalue weighted by Crippen LogP contribution is -2.14. The van der Waals surface area contributed by atoms with E-state index in [1.165, 1.54) is 27.9 Å². The molecule has 4 rings (SSSR count). The Morgan fingerprint density at radius 2 is 2.20 bits per heavy atom. The summed E-state index contributed by atoms with van der Waals surface area (Å²) >= 11 is 1.34. The second kappa shape index (κ2) is 6.40. The highest BCUT2D eigenvalue weighted by atomic mass is 32.1. The number of hydrogen-bond donors (Lipinski definition) is 0. The second-order valence-corrected chi connectivity index (χ2v) is 6.07. The predicted octanol–water partition coefficient (Wildman–Crippen LogP) is 2.24. The lowest BCUT2D eigenvalue weighted by molar-refractivity contribution is -0.139. The zero-order valence-electron chi connectivity index (χ0n) is 12.9. The van der Waals surface area contributed by atoms with E-state index in [4.69, 9.17) is 14.2 Å². The molecule has 2 aromatic heterocycles. The first-order valence-corrected chi connectivity index (χ1v) is 8.27. The van der Waals surface area contributed by atoms with E-state index >= 15 is 0 Å². The number of rotatable bonds is 4. The Bertz CT molecular complexity index is 1040. The maximum Gasteiger partial charge on any atom is 0.331 e. The van der Waals surface area contributed by atoms with E-state index in [1.54, 1.807) is 29.8 Å². The van der Waals surface area contributed by atoms with Crippen LogP contribution < -0.4 is 15.0 Å². The molecule has 7 nitrogen and oxygen atoms in total. The highest BCUT2D eigenvalue weighted by molar-refractivity contribution is 7.15. The van der Waals surface area contributed by atoms with E-state index in [0.717, 1.165) is 5.56 Å². The summed E-state index contributed by atoms with van der Waals surface area (Å²) in [7, 11) is 0. The number of ether oxygens (including phenoxy) is 3. The molecule has 25 heavy (non-hydrogen) atoms. The maximum atomic E-state index is 11.9. The number of carbonyl (C=O) groups excluding carboxylic acids is 1. The van der Waals surface area contributed by atoms with Gasteiger partial charge in [0, 0.05) is 23.7 Å². The van der Waals surface area contributed by atoms with E-state index < -0.39 is 5.97 Å². The largest absolute Gasteiger partial charge is 0.456 e. The van der Waals surface area contributed by atoms with Crippen molar-refractivity contribution in [2.24, 2.45) is 0 Å². The van der Waals surface area contributed by atoms with E-state index in [1.807, 2.05) is 6.07 Å². The molecule has 0 atom stereocenters. The van der Waals surface area contributed by atoms with Crippen molar-refractivity contribution in [2.45, 2.75) is 6.61 Å². The molecule has 3 aromatic rings. The minimum atomic E-state index is -0.522. The monoisotopic (exact) mass is 356 g/mol. The molecule has 0 aliphatic carbocycles. The third-order valence-electron chi connectivity index (χ3n) is 3.53. The van der Waals surface area contributed by atoms with Crippen molar-refractivity contribution in [3.05, 3.63) is 63.5 Å². The molecule has 8 heteroatoms. The first kappa shape index (κ1) is 15.4. The Hall–Kier alpha value is -3.13. The SMILES string of the molecule is O=C(C=Cc1ccc2c(c1)OCO2)OCc1cc(=O)n2ccsc2n1. The number of nitrogens with zero attached hydrogens (tertiary/aromatic N) is 2. The number of fused-ring (bicyclic) bond motifs is 2. The molecule has 3 heterocycles. The van der Waals surface area contributed by atoms with Crippen molar-refractivity contribution >= 4 is 28.3 Å². The molecule has 1 aliphatic heterocycles. The summed E-state index contributed by atoms with van der Waals surface area (Å²) in [6.07, 6.45) is 4.59. The van der Waals surface area contributed by atoms with Crippen LogP contribution in [0.4, 0.5) is 0 Å². The van der Waals surface area contributed by atoms with Crippen molar-refractivity contribution in [1.29, 1.82) is 0 Å². The fraction of sp³-hybridized carbons (Fsp3) is 0.118. The van der Waals surface area contributed by atoms with E-state index in [9.17, 15) is 9.59 Å². The highest BCUT2D eigenvalue weighted by Gasteiger charge is 2.12. The third-order valence-corrected chi connectivity index (χ3v) is 4.28. The molecule has 0 saturated carbocycles. The summed E-state index contributed by atoms with van der Waals surface area (Å²) in [5.74, 6) is 0.802. The van der Waals surface area contributed by atoms with Crippen molar-refractivity contribution < 1.29 is 19.0 Å². The maximum absolute atomic E-state index is 11.9. The molecular formula is C17H12N2O5S. The highest BCUT2D eigenvalue weighted by Crippen LogP contribution is 2.32. The van der Waals surface area contributed by atoms with Gasteiger partial charge in [0.25, 0.3) is 5.56 Å². The van der Waals surface area contributed by atoms with Crippen LogP contribution in [0.1, 0.15) is 11.3 Å². The molecule has 1 aliphatic rings. The van der Waals surface area contributed by atoms with Gasteiger partial charge >= 0.3 is 5.97 Å². The van der Waals surface area contributed by atoms with Gasteiger partial charge in [-0.15, -0.1) is 11.3 Å². The Morgan fingerprint density at radius 3 is 3.12 bits per heavy atom. The van der Waals surface area contributed by atoms with E-state index in [2.05, 4.69) is 4.98 Å². The van der Waals surface area contributed by atoms with Gasteiger partial charge in [0.1, 0.15) is 6.61 Å². The molecule has 0 radical (unpaired) electrons. The molecule has 0 unspecified atom stereocenters. The number of benzene rings is 1. The number of thiazole rings is 1. The molecule has 0 bridgehead atoms. The smallest absolute Gasteiger partial charge is 0.331 e. The summed E-state index contributed by atoms with van der Waals surface area (Å²) in [5, 5.41) is 1.77. The Kier molecular flexibility index (Phi) is 3.95. The zero-order chi connectivity index (χ0) is 17.2. The fourth-order valence-corrected chi connectivity index (χ4v) is 3.07. The van der Waals surface area contributed by atoms with Crippen LogP contribution in [0.3, 0.4) is 0 Å². The van der Waals surface area contributed by atoms with Gasteiger partial charge in [-0.25, -0.2) is 9.78 Å². The molecule has 0 fully saturated rings. The Labute approximate surface area is 145 Å². The quantitative estimate of drug-likeness (QED) is 0.527. The summed E-state index contributed by atoms with van der Waals surface area (Å²) in [5.41, 5.74) is 1.00. The van der Waals surface area contributed by atoms with Gasteiger partial charge in [-0.3, -0.25) is 9.20 Å². The molecule has 126 valence electrons. The minimum absolute atomic E-state index is 0.0616. The first-order valence-electron chi connectivity index (χ1n) is 7.39. The minimum Gasteiger partial charge on any atom is -0.456 e. The molecular weight excluding hydrogens is 344 g/mol. The van der Waals surface area contributed by atoms with Gasteiger partial charge in [-0.05, 0) is 23.8 Å². The predicted molar refractivity (Wildman–Crippen MR) is 90.7 cm³/mol. The van der Waals surface area contributed by atoms with Crippen LogP contribution in [0.15, 0.2) is 46.7 Å². The van der Waals surface area contributed by atoms with Crippen LogP contribution in [0.2, 0.25) is 0 Å². The van der Waals surface area contributed by atoms with E-state index in [0.29, 0.717) is 22.2 Å². The Morgan fingerprint density at radius 1 is 1.32 bits per heavy atom. The van der Waals surface area contributed by atoms with Gasteiger partial charge in [0.15, 0.2) is 16.5 Å². The topological polar surface area (TPSA) is 79.1 Å². The van der Waals surface area contributed by atoms with Crippen molar-refractivity contribution in [1.82, 2.24) is 9.38 Å². The fourth-order valence-electron chi connectivity index (χ4n) is 2.34. The van der Waals surface area contributed by atoms with Crippen LogP contribution in [-0.2, 0) is 16.1 Å². The van der Waals surface area contributed by atoms with Crippen molar-refractivity contribution in [3.8, 4) is 11.5 Å². The van der Waals surface area contributed by atoms with Gasteiger partial charge in [0.05, 0.1) is 5.69 Å². The van der Waals surface area contributed by atoms with Gasteiger partial charge in [-0.2, -0.15) is 0 Å². The summed E-state index contributed by atoms with van der Waals surface area (Å²) in [4.78, 5) is 28.6. The third kappa shape index (κ3) is 3.24. The second-order valence-electron chi connectivity index (χ2n) is 5.20. The van der Waals surface area contributed by atoms with Crippen LogP contribution in [0.5, 0.6) is 11.5 Å². The van der Waals surface area contributed by atoms with Gasteiger partial charge in [0.2, 0.25) is 6.79 Å². The number of hydrogen-bond acceptors (Lipinski definition) is 7. The average Bonchev–Trinajstić information content (AvgIpc) is 3.26. The first-order chi connectivity index (χ1) is 12.2. The zero-order valence-corrected chi connectivity index (χ0v) is 13.7. The van der Waals surface area contributed by atoms with Crippen LogP contribution in [-0.4, -0.2) is 22.1 Å². The number of carbonyl (C=O) groups is 1. The molecule has 0 saturated heterocycles. The summed E-state index contributed by atoms with van der Waals surface area (Å²) < 4.78 is 17.1. The van der Waals surface area contributed by atoms with E-state index in [-0.39, 0.29) is 19.0 Å². The van der Waals surface area contributed by atoms with Gasteiger partial charge in [-0.1, -0.05) is 6.07 Å². The van der Waals surface area contributed by atoms with Crippen molar-refractivity contribution in [2.75, 3.05) is 6.79 Å². The average molecular weight is 356 g/mol. The van der Waals surface area contributed by atoms with Crippen LogP contribution in [0.25, 0.3) is 11.0 Å². The van der Waals surface area contributed by atoms with Crippen LogP contribution >= 0.6 is 11.3 Å². The summed E-state index contributed by atoms with van der Waals surface area (Å²) in [6, 6.07) is 6.72.